The van der Waals surface area contributed by atoms with Gasteiger partial charge in [-0.2, -0.15) is 0 Å². The molecule has 1 aromatic rings. The van der Waals surface area contributed by atoms with Crippen molar-refractivity contribution in [3.63, 3.8) is 0 Å². The number of ether oxygens (including phenoxy) is 1. The fraction of sp³-hybridized carbons (Fsp3) is 0.600. The molecular weight excluding hydrogens is 178 g/mol. The highest BCUT2D eigenvalue weighted by atomic mass is 16.5. The summed E-state index contributed by atoms with van der Waals surface area (Å²) in [5.41, 5.74) is 0.902. The van der Waals surface area contributed by atoms with Crippen LogP contribution in [0.1, 0.15) is 25.1 Å². The van der Waals surface area contributed by atoms with Gasteiger partial charge in [0.1, 0.15) is 0 Å². The SMILES string of the molecule is CC(O[C@H]1CCNC1)c1cnccn1. The predicted molar refractivity (Wildman–Crippen MR) is 52.8 cm³/mol. The highest BCUT2D eigenvalue weighted by Gasteiger charge is 2.18. The molecule has 4 heteroatoms. The molecule has 0 radical (unpaired) electrons. The quantitative estimate of drug-likeness (QED) is 0.775. The molecule has 0 saturated carbocycles. The highest BCUT2D eigenvalue weighted by Crippen LogP contribution is 2.17. The van der Waals surface area contributed by atoms with Crippen LogP contribution >= 0.6 is 0 Å². The zero-order valence-corrected chi connectivity index (χ0v) is 8.31. The summed E-state index contributed by atoms with van der Waals surface area (Å²) in [4.78, 5) is 8.24. The first-order valence-electron chi connectivity index (χ1n) is 4.98. The van der Waals surface area contributed by atoms with Crippen molar-refractivity contribution in [2.75, 3.05) is 13.1 Å². The van der Waals surface area contributed by atoms with E-state index in [2.05, 4.69) is 15.3 Å². The average Bonchev–Trinajstić information content (AvgIpc) is 2.72. The van der Waals surface area contributed by atoms with E-state index >= 15 is 0 Å². The van der Waals surface area contributed by atoms with Gasteiger partial charge in [0.25, 0.3) is 0 Å². The molecule has 1 aliphatic rings. The molecule has 0 aromatic carbocycles. The first kappa shape index (κ1) is 9.55. The normalized spacial score (nSPS) is 23.6. The summed E-state index contributed by atoms with van der Waals surface area (Å²) in [6, 6.07) is 0. The zero-order valence-electron chi connectivity index (χ0n) is 8.31. The first-order valence-corrected chi connectivity index (χ1v) is 4.98. The Kier molecular flexibility index (Phi) is 3.06. The van der Waals surface area contributed by atoms with Gasteiger partial charge in [0, 0.05) is 18.9 Å². The van der Waals surface area contributed by atoms with Crippen molar-refractivity contribution in [1.29, 1.82) is 0 Å². The third kappa shape index (κ3) is 2.27. The topological polar surface area (TPSA) is 47.0 Å². The summed E-state index contributed by atoms with van der Waals surface area (Å²) in [6.45, 7) is 4.02. The maximum atomic E-state index is 5.83. The maximum absolute atomic E-state index is 5.83. The van der Waals surface area contributed by atoms with Crippen molar-refractivity contribution in [1.82, 2.24) is 15.3 Å². The van der Waals surface area contributed by atoms with E-state index in [0.717, 1.165) is 25.2 Å². The third-order valence-corrected chi connectivity index (χ3v) is 2.41. The average molecular weight is 193 g/mol. The van der Waals surface area contributed by atoms with Crippen LogP contribution in [0.25, 0.3) is 0 Å². The minimum Gasteiger partial charge on any atom is -0.368 e. The van der Waals surface area contributed by atoms with E-state index in [1.165, 1.54) is 0 Å². The number of nitrogens with zero attached hydrogens (tertiary/aromatic N) is 2. The lowest BCUT2D eigenvalue weighted by Crippen LogP contribution is -2.19. The Morgan fingerprint density at radius 1 is 1.57 bits per heavy atom. The molecule has 0 amide bonds. The number of aromatic nitrogens is 2. The summed E-state index contributed by atoms with van der Waals surface area (Å²) in [5.74, 6) is 0. The Morgan fingerprint density at radius 2 is 2.50 bits per heavy atom. The molecule has 1 N–H and O–H groups in total. The van der Waals surface area contributed by atoms with Gasteiger partial charge in [-0.05, 0) is 19.9 Å². The molecule has 14 heavy (non-hydrogen) atoms. The molecule has 4 nitrogen and oxygen atoms in total. The standard InChI is InChI=1S/C10H15N3O/c1-8(10-7-12-4-5-13-10)14-9-2-3-11-6-9/h4-5,7-9,11H,2-3,6H2,1H3/t8?,9-/m0/s1. The van der Waals surface area contributed by atoms with Crippen LogP contribution in [0.15, 0.2) is 18.6 Å². The molecule has 0 bridgehead atoms. The molecule has 76 valence electrons. The fourth-order valence-corrected chi connectivity index (χ4v) is 1.62. The number of hydrogen-bond donors (Lipinski definition) is 1. The fourth-order valence-electron chi connectivity index (χ4n) is 1.62. The van der Waals surface area contributed by atoms with Gasteiger partial charge in [-0.15, -0.1) is 0 Å². The Morgan fingerprint density at radius 3 is 3.14 bits per heavy atom. The monoisotopic (exact) mass is 193 g/mol. The van der Waals surface area contributed by atoms with E-state index in [1.807, 2.05) is 6.92 Å². The minimum absolute atomic E-state index is 0.0357. The molecule has 2 atom stereocenters. The molecule has 1 aliphatic heterocycles. The van der Waals surface area contributed by atoms with Crippen molar-refractivity contribution < 1.29 is 4.74 Å². The Bertz CT molecular complexity index is 272. The van der Waals surface area contributed by atoms with Crippen LogP contribution in [0.3, 0.4) is 0 Å². The first-order chi connectivity index (χ1) is 6.86. The number of hydrogen-bond acceptors (Lipinski definition) is 4. The molecule has 1 aromatic heterocycles. The zero-order chi connectivity index (χ0) is 9.80. The van der Waals surface area contributed by atoms with Gasteiger partial charge in [-0.25, -0.2) is 0 Å². The molecule has 0 spiro atoms. The van der Waals surface area contributed by atoms with Gasteiger partial charge in [0.05, 0.1) is 24.1 Å². The van der Waals surface area contributed by atoms with Crippen LogP contribution in [0.2, 0.25) is 0 Å². The van der Waals surface area contributed by atoms with Gasteiger partial charge < -0.3 is 10.1 Å². The summed E-state index contributed by atoms with van der Waals surface area (Å²) in [5, 5.41) is 3.27. The molecule has 1 saturated heterocycles. The van der Waals surface area contributed by atoms with Crippen LogP contribution in [-0.2, 0) is 4.74 Å². The lowest BCUT2D eigenvalue weighted by Gasteiger charge is -2.16. The maximum Gasteiger partial charge on any atom is 0.0986 e. The van der Waals surface area contributed by atoms with E-state index in [0.29, 0.717) is 6.10 Å². The molecule has 2 heterocycles. The second-order valence-corrected chi connectivity index (χ2v) is 3.52. The Balaban J connectivity index is 1.92. The molecule has 1 unspecified atom stereocenters. The summed E-state index contributed by atoms with van der Waals surface area (Å²) in [7, 11) is 0. The lowest BCUT2D eigenvalue weighted by atomic mass is 10.2. The van der Waals surface area contributed by atoms with Crippen LogP contribution in [0.4, 0.5) is 0 Å². The summed E-state index contributed by atoms with van der Waals surface area (Å²) in [6.07, 6.45) is 6.58. The highest BCUT2D eigenvalue weighted by molar-refractivity contribution is 4.98. The van der Waals surface area contributed by atoms with Gasteiger partial charge in [0.15, 0.2) is 0 Å². The van der Waals surface area contributed by atoms with Gasteiger partial charge in [-0.1, -0.05) is 0 Å². The predicted octanol–water partition coefficient (Wildman–Crippen LogP) is 0.916. The second kappa shape index (κ2) is 4.48. The van der Waals surface area contributed by atoms with Crippen LogP contribution in [0, 0.1) is 0 Å². The van der Waals surface area contributed by atoms with Crippen molar-refractivity contribution >= 4 is 0 Å². The van der Waals surface area contributed by atoms with Crippen molar-refractivity contribution in [2.24, 2.45) is 0 Å². The largest absolute Gasteiger partial charge is 0.368 e. The van der Waals surface area contributed by atoms with E-state index in [1.54, 1.807) is 18.6 Å². The smallest absolute Gasteiger partial charge is 0.0986 e. The van der Waals surface area contributed by atoms with Crippen LogP contribution in [-0.4, -0.2) is 29.2 Å². The van der Waals surface area contributed by atoms with Gasteiger partial charge >= 0.3 is 0 Å². The summed E-state index contributed by atoms with van der Waals surface area (Å²) < 4.78 is 5.83. The van der Waals surface area contributed by atoms with E-state index in [4.69, 9.17) is 4.74 Å². The summed E-state index contributed by atoms with van der Waals surface area (Å²) >= 11 is 0. The van der Waals surface area contributed by atoms with E-state index < -0.39 is 0 Å². The van der Waals surface area contributed by atoms with E-state index in [-0.39, 0.29) is 6.10 Å². The Labute approximate surface area is 83.7 Å². The molecule has 0 aliphatic carbocycles. The van der Waals surface area contributed by atoms with Crippen molar-refractivity contribution in [3.05, 3.63) is 24.3 Å². The van der Waals surface area contributed by atoms with Crippen LogP contribution in [0.5, 0.6) is 0 Å². The molecule has 2 rings (SSSR count). The van der Waals surface area contributed by atoms with Crippen molar-refractivity contribution in [2.45, 2.75) is 25.6 Å². The lowest BCUT2D eigenvalue weighted by molar-refractivity contribution is 0.00582. The van der Waals surface area contributed by atoms with Crippen LogP contribution < -0.4 is 5.32 Å². The van der Waals surface area contributed by atoms with Gasteiger partial charge in [-0.3, -0.25) is 9.97 Å². The Hall–Kier alpha value is -1.00. The molecule has 1 fully saturated rings. The molecular formula is C10H15N3O. The second-order valence-electron chi connectivity index (χ2n) is 3.52. The number of nitrogens with one attached hydrogen (secondary N) is 1. The van der Waals surface area contributed by atoms with Gasteiger partial charge in [0.2, 0.25) is 0 Å². The number of rotatable bonds is 3. The third-order valence-electron chi connectivity index (χ3n) is 2.41. The van der Waals surface area contributed by atoms with Crippen molar-refractivity contribution in [3.8, 4) is 0 Å². The van der Waals surface area contributed by atoms with E-state index in [9.17, 15) is 0 Å². The minimum atomic E-state index is 0.0357.